The van der Waals surface area contributed by atoms with Gasteiger partial charge in [-0.25, -0.2) is 0 Å². The fourth-order valence-electron chi connectivity index (χ4n) is 2.73. The third-order valence-electron chi connectivity index (χ3n) is 3.71. The van der Waals surface area contributed by atoms with Gasteiger partial charge in [-0.05, 0) is 12.8 Å². The van der Waals surface area contributed by atoms with Gasteiger partial charge in [-0.3, -0.25) is 9.69 Å². The number of alkyl halides is 3. The van der Waals surface area contributed by atoms with Gasteiger partial charge in [0.05, 0.1) is 18.7 Å². The van der Waals surface area contributed by atoms with Crippen LogP contribution < -0.4 is 5.32 Å². The van der Waals surface area contributed by atoms with Gasteiger partial charge >= 0.3 is 6.18 Å². The molecule has 2 aliphatic rings. The molecule has 0 aromatic carbocycles. The van der Waals surface area contributed by atoms with Crippen LogP contribution in [0.1, 0.15) is 12.8 Å². The summed E-state index contributed by atoms with van der Waals surface area (Å²) in [4.78, 5) is 15.1. The zero-order valence-corrected chi connectivity index (χ0v) is 11.2. The Morgan fingerprint density at radius 2 is 2.00 bits per heavy atom. The molecule has 0 aromatic heterocycles. The number of β-amino-alcohol motifs (C(OH)–C–C–N with tert-alkyl or cyclic N) is 1. The molecule has 0 radical (unpaired) electrons. The van der Waals surface area contributed by atoms with Crippen LogP contribution in [0.4, 0.5) is 13.2 Å². The van der Waals surface area contributed by atoms with Gasteiger partial charge in [-0.2, -0.15) is 13.2 Å². The topological polar surface area (TPSA) is 55.8 Å². The predicted molar refractivity (Wildman–Crippen MR) is 66.1 cm³/mol. The van der Waals surface area contributed by atoms with Crippen LogP contribution in [-0.2, 0) is 4.79 Å². The number of nitrogens with zero attached hydrogens (tertiary/aromatic N) is 2. The van der Waals surface area contributed by atoms with E-state index in [1.165, 1.54) is 4.90 Å². The summed E-state index contributed by atoms with van der Waals surface area (Å²) in [6.45, 7) is 0.842. The maximum Gasteiger partial charge on any atom is 0.401 e. The second-order valence-electron chi connectivity index (χ2n) is 5.42. The van der Waals surface area contributed by atoms with Gasteiger partial charge in [0.25, 0.3) is 0 Å². The number of rotatable bonds is 2. The molecule has 0 bridgehead atoms. The van der Waals surface area contributed by atoms with E-state index in [2.05, 4.69) is 5.32 Å². The van der Waals surface area contributed by atoms with Gasteiger partial charge < -0.3 is 15.3 Å². The molecule has 2 heterocycles. The van der Waals surface area contributed by atoms with Crippen molar-refractivity contribution in [2.24, 2.45) is 0 Å². The summed E-state index contributed by atoms with van der Waals surface area (Å²) < 4.78 is 37.1. The second kappa shape index (κ2) is 6.28. The monoisotopic (exact) mass is 295 g/mol. The van der Waals surface area contributed by atoms with Crippen LogP contribution in [0.25, 0.3) is 0 Å². The summed E-state index contributed by atoms with van der Waals surface area (Å²) >= 11 is 0. The van der Waals surface area contributed by atoms with E-state index < -0.39 is 24.9 Å². The number of amides is 1. The minimum absolute atomic E-state index is 0.115. The molecule has 5 nitrogen and oxygen atoms in total. The van der Waals surface area contributed by atoms with Crippen molar-refractivity contribution in [1.29, 1.82) is 0 Å². The van der Waals surface area contributed by atoms with Crippen molar-refractivity contribution in [1.82, 2.24) is 15.1 Å². The summed E-state index contributed by atoms with van der Waals surface area (Å²) in [5.41, 5.74) is 0. The summed E-state index contributed by atoms with van der Waals surface area (Å²) in [6, 6.07) is -0.404. The molecule has 2 fully saturated rings. The van der Waals surface area contributed by atoms with Crippen LogP contribution in [-0.4, -0.2) is 78.4 Å². The fourth-order valence-corrected chi connectivity index (χ4v) is 2.73. The first-order valence-corrected chi connectivity index (χ1v) is 6.84. The highest BCUT2D eigenvalue weighted by atomic mass is 19.4. The average molecular weight is 295 g/mol. The lowest BCUT2D eigenvalue weighted by molar-refractivity contribution is -0.145. The van der Waals surface area contributed by atoms with Crippen molar-refractivity contribution >= 4 is 5.91 Å². The minimum atomic E-state index is -4.20. The highest BCUT2D eigenvalue weighted by Crippen LogP contribution is 2.18. The van der Waals surface area contributed by atoms with E-state index in [4.69, 9.17) is 0 Å². The molecule has 2 unspecified atom stereocenters. The smallest absolute Gasteiger partial charge is 0.392 e. The molecule has 20 heavy (non-hydrogen) atoms. The van der Waals surface area contributed by atoms with Crippen molar-refractivity contribution in [3.8, 4) is 0 Å². The lowest BCUT2D eigenvalue weighted by atomic mass is 10.2. The Morgan fingerprint density at radius 1 is 1.25 bits per heavy atom. The van der Waals surface area contributed by atoms with Crippen LogP contribution in [0.2, 0.25) is 0 Å². The molecule has 0 spiro atoms. The maximum atomic E-state index is 12.4. The predicted octanol–water partition coefficient (Wildman–Crippen LogP) is -0.194. The molecule has 0 saturated carbocycles. The zero-order valence-electron chi connectivity index (χ0n) is 11.2. The zero-order chi connectivity index (χ0) is 14.8. The van der Waals surface area contributed by atoms with Gasteiger partial charge in [0.15, 0.2) is 0 Å². The normalized spacial score (nSPS) is 29.5. The third-order valence-corrected chi connectivity index (χ3v) is 3.71. The highest BCUT2D eigenvalue weighted by Gasteiger charge is 2.34. The SMILES string of the molecule is O=C(C1CC(O)CN1)N1CCCN(CC(F)(F)F)CC1. The van der Waals surface area contributed by atoms with E-state index in [0.29, 0.717) is 39.0 Å². The van der Waals surface area contributed by atoms with Crippen LogP contribution in [0.3, 0.4) is 0 Å². The van der Waals surface area contributed by atoms with Crippen LogP contribution in [0, 0.1) is 0 Å². The van der Waals surface area contributed by atoms with E-state index >= 15 is 0 Å². The maximum absolute atomic E-state index is 12.4. The number of aliphatic hydroxyl groups excluding tert-OH is 1. The van der Waals surface area contributed by atoms with Gasteiger partial charge in [0.1, 0.15) is 0 Å². The number of aliphatic hydroxyl groups is 1. The number of halogens is 3. The molecule has 2 saturated heterocycles. The second-order valence-corrected chi connectivity index (χ2v) is 5.42. The molecule has 2 atom stereocenters. The Hall–Kier alpha value is -0.860. The summed E-state index contributed by atoms with van der Waals surface area (Å²) in [6.07, 6.45) is -3.80. The molecule has 0 aromatic rings. The Kier molecular flexibility index (Phi) is 4.87. The first-order chi connectivity index (χ1) is 9.35. The van der Waals surface area contributed by atoms with E-state index in [1.807, 2.05) is 0 Å². The molecular formula is C12H20F3N3O2. The number of hydrogen-bond donors (Lipinski definition) is 2. The molecule has 116 valence electrons. The Morgan fingerprint density at radius 3 is 2.60 bits per heavy atom. The largest absolute Gasteiger partial charge is 0.401 e. The molecule has 2 N–H and O–H groups in total. The number of hydrogen-bond acceptors (Lipinski definition) is 4. The quantitative estimate of drug-likeness (QED) is 0.741. The average Bonchev–Trinajstić information content (AvgIpc) is 2.64. The van der Waals surface area contributed by atoms with Crippen molar-refractivity contribution in [2.75, 3.05) is 39.3 Å². The van der Waals surface area contributed by atoms with Gasteiger partial charge in [0.2, 0.25) is 5.91 Å². The van der Waals surface area contributed by atoms with E-state index in [9.17, 15) is 23.1 Å². The fraction of sp³-hybridized carbons (Fsp3) is 0.917. The van der Waals surface area contributed by atoms with Crippen molar-refractivity contribution in [3.05, 3.63) is 0 Å². The van der Waals surface area contributed by atoms with E-state index in [-0.39, 0.29) is 12.5 Å². The first kappa shape index (κ1) is 15.5. The Balaban J connectivity index is 1.84. The number of nitrogens with one attached hydrogen (secondary N) is 1. The molecular weight excluding hydrogens is 275 g/mol. The summed E-state index contributed by atoms with van der Waals surface area (Å²) in [5, 5.41) is 12.3. The third kappa shape index (κ3) is 4.32. The molecule has 8 heteroatoms. The van der Waals surface area contributed by atoms with Crippen LogP contribution in [0.15, 0.2) is 0 Å². The van der Waals surface area contributed by atoms with Crippen molar-refractivity contribution < 1.29 is 23.1 Å². The van der Waals surface area contributed by atoms with E-state index in [0.717, 1.165) is 0 Å². The number of carbonyl (C=O) groups is 1. The van der Waals surface area contributed by atoms with Gasteiger partial charge in [-0.1, -0.05) is 0 Å². The Bertz CT molecular complexity index is 351. The Labute approximate surface area is 115 Å². The molecule has 2 rings (SSSR count). The van der Waals surface area contributed by atoms with Crippen molar-refractivity contribution in [3.63, 3.8) is 0 Å². The van der Waals surface area contributed by atoms with Crippen LogP contribution in [0.5, 0.6) is 0 Å². The van der Waals surface area contributed by atoms with Crippen molar-refractivity contribution in [2.45, 2.75) is 31.2 Å². The molecule has 0 aliphatic carbocycles. The minimum Gasteiger partial charge on any atom is -0.392 e. The van der Waals surface area contributed by atoms with E-state index in [1.54, 1.807) is 4.90 Å². The van der Waals surface area contributed by atoms with Gasteiger partial charge in [0, 0.05) is 32.7 Å². The number of carbonyl (C=O) groups excluding carboxylic acids is 1. The molecule has 1 amide bonds. The lowest BCUT2D eigenvalue weighted by Gasteiger charge is -2.25. The standard InChI is InChI=1S/C12H20F3N3O2/c13-12(14,15)8-17-2-1-3-18(5-4-17)11(20)10-6-9(19)7-16-10/h9-10,16,19H,1-8H2. The first-order valence-electron chi connectivity index (χ1n) is 6.84. The molecule has 2 aliphatic heterocycles. The summed E-state index contributed by atoms with van der Waals surface area (Å²) in [7, 11) is 0. The highest BCUT2D eigenvalue weighted by molar-refractivity contribution is 5.82. The van der Waals surface area contributed by atoms with Crippen LogP contribution >= 0.6 is 0 Å². The lowest BCUT2D eigenvalue weighted by Crippen LogP contribution is -2.45. The summed E-state index contributed by atoms with van der Waals surface area (Å²) in [5.74, 6) is -0.115. The van der Waals surface area contributed by atoms with Gasteiger partial charge in [-0.15, -0.1) is 0 Å².